The number of rotatable bonds is 6. The van der Waals surface area contributed by atoms with E-state index in [4.69, 9.17) is 4.74 Å². The first-order chi connectivity index (χ1) is 7.71. The second kappa shape index (κ2) is 6.96. The molecule has 1 heterocycles. The number of nitrogens with zero attached hydrogens (tertiary/aromatic N) is 2. The van der Waals surface area contributed by atoms with Crippen molar-refractivity contribution in [3.63, 3.8) is 0 Å². The first-order valence-electron chi connectivity index (χ1n) is 5.03. The number of thioether (sulfide) groups is 1. The summed E-state index contributed by atoms with van der Waals surface area (Å²) in [6.45, 7) is 2.14. The maximum Gasteiger partial charge on any atom is 0.232 e. The van der Waals surface area contributed by atoms with E-state index in [9.17, 15) is 0 Å². The van der Waals surface area contributed by atoms with Crippen molar-refractivity contribution in [1.82, 2.24) is 9.97 Å². The van der Waals surface area contributed by atoms with Crippen LogP contribution in [0.15, 0.2) is 10.7 Å². The quantitative estimate of drug-likeness (QED) is 0.875. The van der Waals surface area contributed by atoms with E-state index >= 15 is 0 Å². The molecule has 0 fully saturated rings. The van der Waals surface area contributed by atoms with Gasteiger partial charge < -0.3 is 10.1 Å². The van der Waals surface area contributed by atoms with Crippen LogP contribution in [0.2, 0.25) is 0 Å². The van der Waals surface area contributed by atoms with Crippen LogP contribution in [-0.4, -0.2) is 35.1 Å². The number of aromatic nitrogens is 2. The first-order valence-corrected chi connectivity index (χ1v) is 7.22. The molecule has 0 saturated heterocycles. The number of hydrogen-bond donors (Lipinski definition) is 1. The molecule has 0 aliphatic rings. The molecular formula is C10H16BrN3OS. The van der Waals surface area contributed by atoms with Gasteiger partial charge in [-0.3, -0.25) is 0 Å². The molecule has 0 bridgehead atoms. The van der Waals surface area contributed by atoms with Gasteiger partial charge in [0.15, 0.2) is 0 Å². The van der Waals surface area contributed by atoms with Crippen molar-refractivity contribution in [3.05, 3.63) is 10.7 Å². The molecule has 90 valence electrons. The van der Waals surface area contributed by atoms with E-state index in [2.05, 4.69) is 44.4 Å². The molecule has 1 aromatic heterocycles. The summed E-state index contributed by atoms with van der Waals surface area (Å²) < 4.78 is 5.88. The van der Waals surface area contributed by atoms with Crippen LogP contribution in [0.25, 0.3) is 0 Å². The van der Waals surface area contributed by atoms with Gasteiger partial charge in [-0.2, -0.15) is 16.7 Å². The van der Waals surface area contributed by atoms with Crippen molar-refractivity contribution in [3.8, 4) is 5.88 Å². The van der Waals surface area contributed by atoms with Gasteiger partial charge in [-0.1, -0.05) is 6.92 Å². The Morgan fingerprint density at radius 3 is 2.94 bits per heavy atom. The van der Waals surface area contributed by atoms with Gasteiger partial charge in [0, 0.05) is 11.8 Å². The molecular weight excluding hydrogens is 290 g/mol. The molecule has 1 unspecified atom stereocenters. The van der Waals surface area contributed by atoms with Gasteiger partial charge in [0.05, 0.1) is 17.8 Å². The summed E-state index contributed by atoms with van der Waals surface area (Å²) >= 11 is 5.13. The van der Waals surface area contributed by atoms with Gasteiger partial charge in [0.1, 0.15) is 0 Å². The minimum absolute atomic E-state index is 0.390. The molecule has 1 atom stereocenters. The molecule has 0 saturated carbocycles. The monoisotopic (exact) mass is 305 g/mol. The third kappa shape index (κ3) is 3.83. The molecule has 0 amide bonds. The van der Waals surface area contributed by atoms with Gasteiger partial charge in [-0.25, -0.2) is 4.98 Å². The van der Waals surface area contributed by atoms with Crippen molar-refractivity contribution < 1.29 is 4.74 Å². The lowest BCUT2D eigenvalue weighted by atomic mass is 10.3. The Hall–Kier alpha value is -0.490. The zero-order chi connectivity index (χ0) is 12.0. The second-order valence-electron chi connectivity index (χ2n) is 3.26. The Balaban J connectivity index is 2.72. The summed E-state index contributed by atoms with van der Waals surface area (Å²) in [7, 11) is 1.59. The van der Waals surface area contributed by atoms with Crippen LogP contribution in [0.4, 0.5) is 5.95 Å². The molecule has 0 aliphatic carbocycles. The van der Waals surface area contributed by atoms with Crippen LogP contribution in [-0.2, 0) is 0 Å². The van der Waals surface area contributed by atoms with E-state index in [0.29, 0.717) is 17.9 Å². The van der Waals surface area contributed by atoms with Crippen LogP contribution in [0.5, 0.6) is 5.88 Å². The van der Waals surface area contributed by atoms with Crippen LogP contribution in [0.1, 0.15) is 13.3 Å². The van der Waals surface area contributed by atoms with Gasteiger partial charge >= 0.3 is 0 Å². The Labute approximate surface area is 109 Å². The predicted molar refractivity (Wildman–Crippen MR) is 72.4 cm³/mol. The molecule has 0 aliphatic heterocycles. The maximum atomic E-state index is 5.12. The van der Waals surface area contributed by atoms with E-state index in [1.54, 1.807) is 13.3 Å². The first kappa shape index (κ1) is 13.6. The van der Waals surface area contributed by atoms with Crippen LogP contribution >= 0.6 is 27.7 Å². The average molecular weight is 306 g/mol. The fourth-order valence-electron chi connectivity index (χ4n) is 1.21. The highest BCUT2D eigenvalue weighted by molar-refractivity contribution is 9.10. The summed E-state index contributed by atoms with van der Waals surface area (Å²) in [4.78, 5) is 8.46. The number of halogens is 1. The van der Waals surface area contributed by atoms with Crippen molar-refractivity contribution in [2.24, 2.45) is 0 Å². The van der Waals surface area contributed by atoms with E-state index in [1.807, 2.05) is 11.8 Å². The maximum absolute atomic E-state index is 5.12. The fourth-order valence-corrected chi connectivity index (χ4v) is 2.28. The molecule has 0 spiro atoms. The van der Waals surface area contributed by atoms with Crippen LogP contribution < -0.4 is 10.1 Å². The van der Waals surface area contributed by atoms with Crippen molar-refractivity contribution in [2.45, 2.75) is 19.4 Å². The molecule has 1 rings (SSSR count). The molecule has 0 radical (unpaired) electrons. The molecule has 1 aromatic rings. The lowest BCUT2D eigenvalue weighted by Crippen LogP contribution is -2.22. The summed E-state index contributed by atoms with van der Waals surface area (Å²) in [6.07, 6.45) is 4.83. The highest BCUT2D eigenvalue weighted by Gasteiger charge is 2.09. The van der Waals surface area contributed by atoms with E-state index in [0.717, 1.165) is 16.6 Å². The Morgan fingerprint density at radius 1 is 1.62 bits per heavy atom. The zero-order valence-corrected chi connectivity index (χ0v) is 12.1. The number of ether oxygens (including phenoxy) is 1. The topological polar surface area (TPSA) is 47.0 Å². The highest BCUT2D eigenvalue weighted by atomic mass is 79.9. The van der Waals surface area contributed by atoms with Crippen LogP contribution in [0, 0.1) is 0 Å². The standard InChI is InChI=1S/C10H16BrN3OS/c1-4-7(6-16-3)13-10-12-5-8(11)9(14-10)15-2/h5,7H,4,6H2,1-3H3,(H,12,13,14). The lowest BCUT2D eigenvalue weighted by molar-refractivity contribution is 0.394. The van der Waals surface area contributed by atoms with Crippen LogP contribution in [0.3, 0.4) is 0 Å². The largest absolute Gasteiger partial charge is 0.480 e. The number of hydrogen-bond acceptors (Lipinski definition) is 5. The van der Waals surface area contributed by atoms with Crippen molar-refractivity contribution in [2.75, 3.05) is 24.4 Å². The predicted octanol–water partition coefficient (Wildman–Crippen LogP) is 2.80. The Morgan fingerprint density at radius 2 is 2.38 bits per heavy atom. The SMILES string of the molecule is CCC(CSC)Nc1ncc(Br)c(OC)n1. The molecule has 6 heteroatoms. The number of nitrogens with one attached hydrogen (secondary N) is 1. The number of methoxy groups -OCH3 is 1. The second-order valence-corrected chi connectivity index (χ2v) is 5.02. The summed E-state index contributed by atoms with van der Waals surface area (Å²) in [5, 5.41) is 3.29. The zero-order valence-electron chi connectivity index (χ0n) is 9.66. The number of anilines is 1. The Bertz CT molecular complexity index is 338. The van der Waals surface area contributed by atoms with Gasteiger partial charge in [0.25, 0.3) is 0 Å². The molecule has 4 nitrogen and oxygen atoms in total. The summed E-state index contributed by atoms with van der Waals surface area (Å²) in [6, 6.07) is 0.390. The van der Waals surface area contributed by atoms with Crippen molar-refractivity contribution >= 4 is 33.6 Å². The normalized spacial score (nSPS) is 12.2. The lowest BCUT2D eigenvalue weighted by Gasteiger charge is -2.15. The van der Waals surface area contributed by atoms with Gasteiger partial charge in [-0.05, 0) is 28.6 Å². The van der Waals surface area contributed by atoms with Crippen molar-refractivity contribution in [1.29, 1.82) is 0 Å². The van der Waals surface area contributed by atoms with E-state index < -0.39 is 0 Å². The molecule has 0 aromatic carbocycles. The summed E-state index contributed by atoms with van der Waals surface area (Å²) in [5.74, 6) is 2.20. The minimum atomic E-state index is 0.390. The van der Waals surface area contributed by atoms with E-state index in [1.165, 1.54) is 0 Å². The molecule has 1 N–H and O–H groups in total. The molecule has 16 heavy (non-hydrogen) atoms. The van der Waals surface area contributed by atoms with Gasteiger partial charge in [-0.15, -0.1) is 0 Å². The third-order valence-electron chi connectivity index (χ3n) is 2.10. The highest BCUT2D eigenvalue weighted by Crippen LogP contribution is 2.22. The fraction of sp³-hybridized carbons (Fsp3) is 0.600. The summed E-state index contributed by atoms with van der Waals surface area (Å²) in [5.41, 5.74) is 0. The average Bonchev–Trinajstić information content (AvgIpc) is 2.30. The smallest absolute Gasteiger partial charge is 0.232 e. The minimum Gasteiger partial charge on any atom is -0.480 e. The Kier molecular flexibility index (Phi) is 5.90. The third-order valence-corrected chi connectivity index (χ3v) is 3.38. The van der Waals surface area contributed by atoms with E-state index in [-0.39, 0.29) is 0 Å². The van der Waals surface area contributed by atoms with Gasteiger partial charge in [0.2, 0.25) is 11.8 Å².